The third kappa shape index (κ3) is 3.95. The Morgan fingerprint density at radius 1 is 1.50 bits per heavy atom. The third-order valence-electron chi connectivity index (χ3n) is 2.72. The minimum absolute atomic E-state index is 0.334. The average Bonchev–Trinajstić information content (AvgIpc) is 2.64. The summed E-state index contributed by atoms with van der Waals surface area (Å²) in [5, 5.41) is 3.17. The first-order chi connectivity index (χ1) is 6.74. The normalized spacial score (nSPS) is 24.4. The van der Waals surface area contributed by atoms with E-state index in [1.54, 1.807) is 0 Å². The number of likely N-dealkylation sites (N-methyl/N-ethyl adjacent to an activating group) is 1. The quantitative estimate of drug-likeness (QED) is 0.702. The minimum Gasteiger partial charge on any atom is -0.381 e. The fourth-order valence-corrected chi connectivity index (χ4v) is 1.66. The molecule has 3 nitrogen and oxygen atoms in total. The van der Waals surface area contributed by atoms with Crippen LogP contribution in [0, 0.1) is 11.8 Å². The van der Waals surface area contributed by atoms with E-state index in [1.807, 2.05) is 7.05 Å². The Labute approximate surface area is 87.2 Å². The molecule has 0 bridgehead atoms. The van der Waals surface area contributed by atoms with Crippen LogP contribution in [0.3, 0.4) is 0 Å². The van der Waals surface area contributed by atoms with E-state index in [0.29, 0.717) is 17.9 Å². The largest absolute Gasteiger partial charge is 0.381 e. The highest BCUT2D eigenvalue weighted by Gasteiger charge is 2.19. The molecule has 0 spiro atoms. The van der Waals surface area contributed by atoms with E-state index < -0.39 is 0 Å². The van der Waals surface area contributed by atoms with Crippen molar-refractivity contribution in [2.45, 2.75) is 26.4 Å². The molecule has 0 aromatic carbocycles. The summed E-state index contributed by atoms with van der Waals surface area (Å²) in [5.41, 5.74) is 0. The Hall–Kier alpha value is -0.120. The Bertz CT molecular complexity index is 144. The van der Waals surface area contributed by atoms with Crippen molar-refractivity contribution in [1.82, 2.24) is 5.32 Å². The topological polar surface area (TPSA) is 30.5 Å². The van der Waals surface area contributed by atoms with Crippen LogP contribution < -0.4 is 5.32 Å². The molecule has 84 valence electrons. The Balaban J connectivity index is 2.17. The molecule has 1 fully saturated rings. The number of ether oxygens (including phenoxy) is 2. The summed E-state index contributed by atoms with van der Waals surface area (Å²) in [5.74, 6) is 1.19. The molecule has 1 aliphatic rings. The fraction of sp³-hybridized carbons (Fsp3) is 1.00. The Morgan fingerprint density at radius 2 is 2.29 bits per heavy atom. The van der Waals surface area contributed by atoms with Gasteiger partial charge in [-0.2, -0.15) is 0 Å². The lowest BCUT2D eigenvalue weighted by molar-refractivity contribution is 0.00210. The van der Waals surface area contributed by atoms with E-state index in [-0.39, 0.29) is 0 Å². The molecule has 1 saturated heterocycles. The van der Waals surface area contributed by atoms with Gasteiger partial charge in [0.1, 0.15) is 0 Å². The SMILES string of the molecule is CNCC(OCC1CCOC1)C(C)C. The summed E-state index contributed by atoms with van der Waals surface area (Å²) in [7, 11) is 1.97. The number of nitrogens with one attached hydrogen (secondary N) is 1. The zero-order chi connectivity index (χ0) is 10.4. The van der Waals surface area contributed by atoms with E-state index >= 15 is 0 Å². The second-order valence-corrected chi connectivity index (χ2v) is 4.40. The van der Waals surface area contributed by atoms with Gasteiger partial charge >= 0.3 is 0 Å². The highest BCUT2D eigenvalue weighted by molar-refractivity contribution is 4.68. The van der Waals surface area contributed by atoms with Crippen LogP contribution in [0.5, 0.6) is 0 Å². The van der Waals surface area contributed by atoms with Crippen LogP contribution >= 0.6 is 0 Å². The summed E-state index contributed by atoms with van der Waals surface area (Å²) in [6, 6.07) is 0. The smallest absolute Gasteiger partial charge is 0.0722 e. The number of hydrogen-bond acceptors (Lipinski definition) is 3. The first-order valence-electron chi connectivity index (χ1n) is 5.58. The molecule has 0 aromatic heterocycles. The highest BCUT2D eigenvalue weighted by atomic mass is 16.5. The van der Waals surface area contributed by atoms with Crippen LogP contribution in [-0.4, -0.2) is 39.5 Å². The minimum atomic E-state index is 0.334. The van der Waals surface area contributed by atoms with Crippen molar-refractivity contribution < 1.29 is 9.47 Å². The van der Waals surface area contributed by atoms with Crippen LogP contribution in [0.4, 0.5) is 0 Å². The van der Waals surface area contributed by atoms with Gasteiger partial charge in [-0.3, -0.25) is 0 Å². The van der Waals surface area contributed by atoms with Crippen molar-refractivity contribution in [2.75, 3.05) is 33.4 Å². The third-order valence-corrected chi connectivity index (χ3v) is 2.72. The van der Waals surface area contributed by atoms with Gasteiger partial charge in [-0.25, -0.2) is 0 Å². The van der Waals surface area contributed by atoms with Gasteiger partial charge < -0.3 is 14.8 Å². The number of hydrogen-bond donors (Lipinski definition) is 1. The molecule has 2 unspecified atom stereocenters. The van der Waals surface area contributed by atoms with Gasteiger partial charge in [0.25, 0.3) is 0 Å². The molecular formula is C11H23NO2. The summed E-state index contributed by atoms with van der Waals surface area (Å²) in [4.78, 5) is 0. The van der Waals surface area contributed by atoms with Crippen molar-refractivity contribution in [1.29, 1.82) is 0 Å². The molecule has 2 atom stereocenters. The van der Waals surface area contributed by atoms with Gasteiger partial charge in [-0.05, 0) is 19.4 Å². The standard InChI is InChI=1S/C11H23NO2/c1-9(2)11(6-12-3)14-8-10-4-5-13-7-10/h9-12H,4-8H2,1-3H3. The van der Waals surface area contributed by atoms with E-state index in [0.717, 1.165) is 32.8 Å². The second kappa shape index (κ2) is 6.38. The lowest BCUT2D eigenvalue weighted by Gasteiger charge is -2.22. The van der Waals surface area contributed by atoms with Crippen molar-refractivity contribution in [3.8, 4) is 0 Å². The molecule has 0 saturated carbocycles. The molecule has 1 heterocycles. The maximum Gasteiger partial charge on any atom is 0.0722 e. The molecule has 1 N–H and O–H groups in total. The zero-order valence-electron chi connectivity index (χ0n) is 9.58. The summed E-state index contributed by atoms with van der Waals surface area (Å²) in [6.07, 6.45) is 1.49. The number of rotatable bonds is 6. The van der Waals surface area contributed by atoms with E-state index in [4.69, 9.17) is 9.47 Å². The van der Waals surface area contributed by atoms with Crippen molar-refractivity contribution in [3.63, 3.8) is 0 Å². The first kappa shape index (κ1) is 12.0. The Morgan fingerprint density at radius 3 is 2.79 bits per heavy atom. The molecule has 1 aliphatic heterocycles. The van der Waals surface area contributed by atoms with E-state index in [2.05, 4.69) is 19.2 Å². The molecule has 3 heteroatoms. The molecule has 0 radical (unpaired) electrons. The predicted molar refractivity (Wildman–Crippen MR) is 57.4 cm³/mol. The van der Waals surface area contributed by atoms with E-state index in [9.17, 15) is 0 Å². The first-order valence-corrected chi connectivity index (χ1v) is 5.58. The maximum atomic E-state index is 5.89. The lowest BCUT2D eigenvalue weighted by atomic mass is 10.1. The average molecular weight is 201 g/mol. The van der Waals surface area contributed by atoms with Crippen LogP contribution in [0.1, 0.15) is 20.3 Å². The van der Waals surface area contributed by atoms with Gasteiger partial charge in [0.15, 0.2) is 0 Å². The Kier molecular flexibility index (Phi) is 5.45. The predicted octanol–water partition coefficient (Wildman–Crippen LogP) is 1.28. The van der Waals surface area contributed by atoms with E-state index in [1.165, 1.54) is 0 Å². The molecule has 0 aromatic rings. The van der Waals surface area contributed by atoms with Gasteiger partial charge in [-0.15, -0.1) is 0 Å². The van der Waals surface area contributed by atoms with Crippen LogP contribution in [0.2, 0.25) is 0 Å². The fourth-order valence-electron chi connectivity index (χ4n) is 1.66. The van der Waals surface area contributed by atoms with Gasteiger partial charge in [-0.1, -0.05) is 13.8 Å². The molecule has 0 aliphatic carbocycles. The summed E-state index contributed by atoms with van der Waals surface area (Å²) >= 11 is 0. The lowest BCUT2D eigenvalue weighted by Crippen LogP contribution is -2.32. The van der Waals surface area contributed by atoms with Gasteiger partial charge in [0.05, 0.1) is 19.3 Å². The van der Waals surface area contributed by atoms with Crippen molar-refractivity contribution in [3.05, 3.63) is 0 Å². The summed E-state index contributed by atoms with van der Waals surface area (Å²) < 4.78 is 11.2. The van der Waals surface area contributed by atoms with Crippen molar-refractivity contribution in [2.24, 2.45) is 11.8 Å². The van der Waals surface area contributed by atoms with Crippen LogP contribution in [0.15, 0.2) is 0 Å². The van der Waals surface area contributed by atoms with Gasteiger partial charge in [0.2, 0.25) is 0 Å². The van der Waals surface area contributed by atoms with Crippen LogP contribution in [0.25, 0.3) is 0 Å². The summed E-state index contributed by atoms with van der Waals surface area (Å²) in [6.45, 7) is 7.98. The monoisotopic (exact) mass is 201 g/mol. The molecule has 14 heavy (non-hydrogen) atoms. The molecular weight excluding hydrogens is 178 g/mol. The van der Waals surface area contributed by atoms with Crippen LogP contribution in [-0.2, 0) is 9.47 Å². The zero-order valence-corrected chi connectivity index (χ0v) is 9.58. The van der Waals surface area contributed by atoms with Crippen molar-refractivity contribution >= 4 is 0 Å². The second-order valence-electron chi connectivity index (χ2n) is 4.40. The maximum absolute atomic E-state index is 5.89. The van der Waals surface area contributed by atoms with Gasteiger partial charge in [0, 0.05) is 19.1 Å². The molecule has 1 rings (SSSR count). The highest BCUT2D eigenvalue weighted by Crippen LogP contribution is 2.15. The molecule has 0 amide bonds.